The van der Waals surface area contributed by atoms with Crippen LogP contribution < -0.4 is 19.1 Å². The number of anilines is 2. The molecule has 0 saturated carbocycles. The van der Waals surface area contributed by atoms with Crippen molar-refractivity contribution >= 4 is 27.9 Å². The molecule has 2 heterocycles. The summed E-state index contributed by atoms with van der Waals surface area (Å²) in [4.78, 5) is 28.0. The van der Waals surface area contributed by atoms with Crippen molar-refractivity contribution in [1.82, 2.24) is 24.7 Å². The molecule has 11 nitrogen and oxygen atoms in total. The number of nitrogens with one attached hydrogen (secondary N) is 2. The van der Waals surface area contributed by atoms with Gasteiger partial charge in [0.1, 0.15) is 5.82 Å². The second-order valence-corrected chi connectivity index (χ2v) is 7.55. The Morgan fingerprint density at radius 2 is 1.87 bits per heavy atom. The maximum Gasteiger partial charge on any atom is 0.336 e. The smallest absolute Gasteiger partial charge is 0.336 e. The number of amides is 2. The molecule has 2 amide bonds. The molecule has 2 N–H and O–H groups in total. The van der Waals surface area contributed by atoms with E-state index >= 15 is 0 Å². The molecule has 30 heavy (non-hydrogen) atoms. The largest absolute Gasteiger partial charge is 0.467 e. The fraction of sp³-hybridized carbons (Fsp3) is 0.167. The summed E-state index contributed by atoms with van der Waals surface area (Å²) in [5, 5.41) is 2.27. The number of aryl methyl sites for hydroxylation is 1. The predicted molar refractivity (Wildman–Crippen MR) is 109 cm³/mol. The van der Waals surface area contributed by atoms with Crippen molar-refractivity contribution in [1.29, 1.82) is 0 Å². The van der Waals surface area contributed by atoms with Crippen molar-refractivity contribution in [2.45, 2.75) is 13.5 Å². The van der Waals surface area contributed by atoms with E-state index in [-0.39, 0.29) is 18.5 Å². The summed E-state index contributed by atoms with van der Waals surface area (Å²) >= 11 is 0. The molecule has 12 heteroatoms. The number of hydrogen-bond acceptors (Lipinski definition) is 8. The zero-order valence-corrected chi connectivity index (χ0v) is 17.0. The first-order valence-electron chi connectivity index (χ1n) is 8.69. The van der Waals surface area contributed by atoms with Gasteiger partial charge in [0, 0.05) is 6.20 Å². The van der Waals surface area contributed by atoms with Gasteiger partial charge in [-0.05, 0) is 24.6 Å². The summed E-state index contributed by atoms with van der Waals surface area (Å²) < 4.78 is 33.9. The number of carbonyl (C=O) groups is 1. The van der Waals surface area contributed by atoms with E-state index in [4.69, 9.17) is 4.74 Å². The number of methoxy groups -OCH3 is 1. The second kappa shape index (κ2) is 9.13. The Bertz CT molecular complexity index is 1110. The average molecular weight is 429 g/mol. The number of pyridine rings is 1. The maximum absolute atomic E-state index is 13.0. The highest BCUT2D eigenvalue weighted by molar-refractivity contribution is 7.91. The van der Waals surface area contributed by atoms with E-state index in [9.17, 15) is 13.2 Å². The van der Waals surface area contributed by atoms with Gasteiger partial charge in [0.2, 0.25) is 5.95 Å². The summed E-state index contributed by atoms with van der Waals surface area (Å²) in [6.45, 7) is 1.57. The first-order valence-corrected chi connectivity index (χ1v) is 10.1. The molecule has 0 saturated heterocycles. The van der Waals surface area contributed by atoms with E-state index in [0.717, 1.165) is 9.87 Å². The summed E-state index contributed by atoms with van der Waals surface area (Å²) in [6.07, 6.45) is 2.91. The van der Waals surface area contributed by atoms with Crippen molar-refractivity contribution in [3.8, 4) is 6.01 Å². The molecule has 0 spiro atoms. The third-order valence-corrected chi connectivity index (χ3v) is 5.11. The fourth-order valence-corrected chi connectivity index (χ4v) is 3.57. The Labute approximate surface area is 173 Å². The topological polar surface area (TPSA) is 139 Å². The van der Waals surface area contributed by atoms with Gasteiger partial charge in [0.15, 0.2) is 0 Å². The zero-order chi connectivity index (χ0) is 21.6. The molecule has 0 aliphatic heterocycles. The Kier molecular flexibility index (Phi) is 6.37. The van der Waals surface area contributed by atoms with Gasteiger partial charge < -0.3 is 4.74 Å². The van der Waals surface area contributed by atoms with Gasteiger partial charge in [0.25, 0.3) is 0 Å². The molecular weight excluding hydrogens is 410 g/mol. The van der Waals surface area contributed by atoms with Gasteiger partial charge in [-0.2, -0.15) is 23.4 Å². The van der Waals surface area contributed by atoms with Crippen LogP contribution in [-0.4, -0.2) is 41.5 Å². The van der Waals surface area contributed by atoms with Crippen molar-refractivity contribution < 1.29 is 17.9 Å². The molecule has 1 aromatic carbocycles. The van der Waals surface area contributed by atoms with Gasteiger partial charge >= 0.3 is 22.3 Å². The van der Waals surface area contributed by atoms with Crippen LogP contribution in [0, 0.1) is 6.92 Å². The van der Waals surface area contributed by atoms with E-state index in [1.54, 1.807) is 43.3 Å². The van der Waals surface area contributed by atoms with Crippen LogP contribution in [0.2, 0.25) is 0 Å². The first kappa shape index (κ1) is 20.9. The molecule has 0 atom stereocenters. The Balaban J connectivity index is 1.82. The van der Waals surface area contributed by atoms with Gasteiger partial charge in [0.05, 0.1) is 25.5 Å². The fourth-order valence-electron chi connectivity index (χ4n) is 2.47. The van der Waals surface area contributed by atoms with Crippen LogP contribution in [0.25, 0.3) is 0 Å². The number of benzene rings is 1. The third-order valence-electron chi connectivity index (χ3n) is 3.75. The van der Waals surface area contributed by atoms with Crippen LogP contribution in [-0.2, 0) is 16.8 Å². The van der Waals surface area contributed by atoms with E-state index < -0.39 is 16.2 Å². The van der Waals surface area contributed by atoms with Crippen LogP contribution in [0.5, 0.6) is 6.01 Å². The predicted octanol–water partition coefficient (Wildman–Crippen LogP) is 1.66. The molecule has 0 bridgehead atoms. The lowest BCUT2D eigenvalue weighted by molar-refractivity contribution is 0.256. The molecule has 0 aliphatic rings. The summed E-state index contributed by atoms with van der Waals surface area (Å²) in [5.74, 6) is 0.143. The van der Waals surface area contributed by atoms with E-state index in [1.807, 2.05) is 10.8 Å². The van der Waals surface area contributed by atoms with E-state index in [2.05, 4.69) is 25.3 Å². The number of hydrogen-bond donors (Lipinski definition) is 2. The van der Waals surface area contributed by atoms with Crippen molar-refractivity contribution in [3.05, 3.63) is 66.2 Å². The number of rotatable bonds is 7. The van der Waals surface area contributed by atoms with Crippen LogP contribution in [0.1, 0.15) is 11.4 Å². The molecule has 2 aromatic heterocycles. The van der Waals surface area contributed by atoms with Crippen LogP contribution in [0.3, 0.4) is 0 Å². The highest BCUT2D eigenvalue weighted by Gasteiger charge is 2.26. The molecule has 3 aromatic rings. The second-order valence-electron chi connectivity index (χ2n) is 5.96. The third kappa shape index (κ3) is 5.38. The molecule has 156 valence electrons. The van der Waals surface area contributed by atoms with Crippen molar-refractivity contribution in [3.63, 3.8) is 0 Å². The minimum absolute atomic E-state index is 0.00612. The van der Waals surface area contributed by atoms with E-state index in [1.165, 1.54) is 19.5 Å². The number of carbonyl (C=O) groups excluding carboxylic acids is 1. The molecule has 0 aliphatic carbocycles. The maximum atomic E-state index is 13.0. The van der Waals surface area contributed by atoms with Crippen molar-refractivity contribution in [2.24, 2.45) is 0 Å². The quantitative estimate of drug-likeness (QED) is 0.578. The molecule has 0 unspecified atom stereocenters. The summed E-state index contributed by atoms with van der Waals surface area (Å²) in [7, 11) is -2.93. The Hall–Kier alpha value is -3.80. The molecule has 0 fully saturated rings. The highest BCUT2D eigenvalue weighted by Crippen LogP contribution is 2.19. The van der Waals surface area contributed by atoms with E-state index in [0.29, 0.717) is 11.5 Å². The summed E-state index contributed by atoms with van der Waals surface area (Å²) in [5.41, 5.74) is 1.02. The van der Waals surface area contributed by atoms with Crippen LogP contribution in [0.4, 0.5) is 16.4 Å². The van der Waals surface area contributed by atoms with Crippen LogP contribution >= 0.6 is 0 Å². The molecular formula is C18H19N7O4S. The van der Waals surface area contributed by atoms with Gasteiger partial charge in [-0.15, -0.1) is 0 Å². The Morgan fingerprint density at radius 1 is 1.10 bits per heavy atom. The number of ether oxygens (including phenoxy) is 1. The summed E-state index contributed by atoms with van der Waals surface area (Å²) in [6, 6.07) is 11.1. The van der Waals surface area contributed by atoms with Gasteiger partial charge in [-0.1, -0.05) is 30.3 Å². The minimum atomic E-state index is -4.29. The highest BCUT2D eigenvalue weighted by atomic mass is 32.2. The first-order chi connectivity index (χ1) is 14.4. The SMILES string of the molecule is COc1nc(C)nc(NC(=O)NS(=O)(=O)N(Cc2ccccc2)c2cccnc2)n1. The molecule has 0 radical (unpaired) electrons. The monoisotopic (exact) mass is 429 g/mol. The Morgan fingerprint density at radius 3 is 2.53 bits per heavy atom. The lowest BCUT2D eigenvalue weighted by atomic mass is 10.2. The van der Waals surface area contributed by atoms with Crippen LogP contribution in [0.15, 0.2) is 54.9 Å². The lowest BCUT2D eigenvalue weighted by Crippen LogP contribution is -2.45. The molecule has 3 rings (SSSR count). The number of aromatic nitrogens is 4. The average Bonchev–Trinajstić information content (AvgIpc) is 2.72. The lowest BCUT2D eigenvalue weighted by Gasteiger charge is -2.24. The van der Waals surface area contributed by atoms with Gasteiger partial charge in [-0.25, -0.2) is 13.8 Å². The standard InChI is InChI=1S/C18H19N7O4S/c1-13-20-16(23-18(21-13)29-2)22-17(26)24-30(27,28)25(15-9-6-10-19-11-15)12-14-7-4-3-5-8-14/h3-11H,12H2,1-2H3,(H2,20,21,22,23,24,26). The van der Waals surface area contributed by atoms with Gasteiger partial charge in [-0.3, -0.25) is 10.3 Å². The normalized spacial score (nSPS) is 10.9. The number of nitrogens with zero attached hydrogens (tertiary/aromatic N) is 5. The minimum Gasteiger partial charge on any atom is -0.467 e. The van der Waals surface area contributed by atoms with Crippen molar-refractivity contribution in [2.75, 3.05) is 16.7 Å². The number of urea groups is 1. The zero-order valence-electron chi connectivity index (χ0n) is 16.2.